The van der Waals surface area contributed by atoms with E-state index in [9.17, 15) is 9.59 Å². The number of carbonyl (C=O) groups is 2. The summed E-state index contributed by atoms with van der Waals surface area (Å²) in [6.07, 6.45) is -0.0102. The number of rotatable bonds is 5. The number of aliphatic imine (C=N–C) groups is 1. The molecule has 2 amide bonds. The Hall–Kier alpha value is -4.14. The number of nitrogens with one attached hydrogen (secondary N) is 2. The van der Waals surface area contributed by atoms with Crippen LogP contribution in [0.1, 0.15) is 11.1 Å². The third-order valence-electron chi connectivity index (χ3n) is 3.89. The molecule has 2 N–H and O–H groups in total. The molecule has 0 aliphatic heterocycles. The number of hydrogen-bond acceptors (Lipinski definition) is 6. The molecule has 0 aliphatic carbocycles. The van der Waals surface area contributed by atoms with Crippen LogP contribution in [-0.2, 0) is 29.7 Å². The van der Waals surface area contributed by atoms with E-state index >= 15 is 0 Å². The minimum absolute atomic E-state index is 0.0735. The summed E-state index contributed by atoms with van der Waals surface area (Å²) in [5, 5.41) is 8.84. The summed E-state index contributed by atoms with van der Waals surface area (Å²) < 4.78 is 11.8. The number of aryl methyl sites for hydroxylation is 1. The SMILES string of the molecule is Cn1nccc1N=C(NC(=O)OCc1ccccc1)NC(=O)OCc1ccccc1. The Morgan fingerprint density at radius 3 is 1.80 bits per heavy atom. The topological polar surface area (TPSA) is 107 Å². The molecule has 0 atom stereocenters. The fourth-order valence-electron chi connectivity index (χ4n) is 2.39. The number of guanidine groups is 1. The second-order valence-electron chi connectivity index (χ2n) is 6.15. The van der Waals surface area contributed by atoms with Gasteiger partial charge < -0.3 is 9.47 Å². The van der Waals surface area contributed by atoms with E-state index in [-0.39, 0.29) is 19.2 Å². The lowest BCUT2D eigenvalue weighted by Crippen LogP contribution is -2.44. The van der Waals surface area contributed by atoms with Gasteiger partial charge in [-0.3, -0.25) is 15.3 Å². The van der Waals surface area contributed by atoms with E-state index < -0.39 is 12.2 Å². The standard InChI is InChI=1S/C21H21N5O4/c1-26-18(12-13-22-26)23-19(24-20(27)29-14-16-8-4-2-5-9-16)25-21(28)30-15-17-10-6-3-7-11-17/h2-13H,14-15H2,1H3,(H2,23,24,25,27,28). The van der Waals surface area contributed by atoms with Gasteiger partial charge in [-0.05, 0) is 11.1 Å². The number of carbonyl (C=O) groups excluding carboxylic acids is 2. The number of ether oxygens (including phenoxy) is 2. The lowest BCUT2D eigenvalue weighted by Gasteiger charge is -2.11. The summed E-state index contributed by atoms with van der Waals surface area (Å²) in [5.41, 5.74) is 1.65. The van der Waals surface area contributed by atoms with Gasteiger partial charge in [0.15, 0.2) is 5.82 Å². The second kappa shape index (κ2) is 10.4. The van der Waals surface area contributed by atoms with Gasteiger partial charge in [-0.2, -0.15) is 10.1 Å². The van der Waals surface area contributed by atoms with E-state index in [1.807, 2.05) is 60.7 Å². The smallest absolute Gasteiger partial charge is 0.414 e. The maximum Gasteiger partial charge on any atom is 0.414 e. The molecule has 0 saturated heterocycles. The van der Waals surface area contributed by atoms with Crippen molar-refractivity contribution in [3.63, 3.8) is 0 Å². The van der Waals surface area contributed by atoms with Crippen molar-refractivity contribution in [1.29, 1.82) is 0 Å². The van der Waals surface area contributed by atoms with Gasteiger partial charge in [-0.15, -0.1) is 0 Å². The molecule has 1 aromatic heterocycles. The monoisotopic (exact) mass is 407 g/mol. The summed E-state index contributed by atoms with van der Waals surface area (Å²) in [4.78, 5) is 28.5. The maximum absolute atomic E-state index is 12.2. The molecule has 9 heteroatoms. The second-order valence-corrected chi connectivity index (χ2v) is 6.15. The molecule has 0 fully saturated rings. The molecular weight excluding hydrogens is 386 g/mol. The Bertz CT molecular complexity index is 943. The van der Waals surface area contributed by atoms with E-state index in [0.717, 1.165) is 11.1 Å². The Labute approximate surface area is 173 Å². The van der Waals surface area contributed by atoms with E-state index in [4.69, 9.17) is 9.47 Å². The van der Waals surface area contributed by atoms with Crippen molar-refractivity contribution in [1.82, 2.24) is 20.4 Å². The predicted molar refractivity (Wildman–Crippen MR) is 110 cm³/mol. The molecule has 0 aliphatic rings. The van der Waals surface area contributed by atoms with Crippen LogP contribution < -0.4 is 10.6 Å². The molecular formula is C21H21N5O4. The Morgan fingerprint density at radius 2 is 1.37 bits per heavy atom. The van der Waals surface area contributed by atoms with Crippen LogP contribution in [0.4, 0.5) is 15.4 Å². The van der Waals surface area contributed by atoms with Crippen molar-refractivity contribution >= 4 is 24.0 Å². The number of alkyl carbamates (subject to hydrolysis) is 2. The van der Waals surface area contributed by atoms with Gasteiger partial charge in [-0.1, -0.05) is 60.7 Å². The van der Waals surface area contributed by atoms with Crippen LogP contribution in [0, 0.1) is 0 Å². The quantitative estimate of drug-likeness (QED) is 0.499. The number of hydrogen-bond donors (Lipinski definition) is 2. The first-order chi connectivity index (χ1) is 14.6. The van der Waals surface area contributed by atoms with Crippen LogP contribution in [0.5, 0.6) is 0 Å². The van der Waals surface area contributed by atoms with Crippen molar-refractivity contribution in [3.05, 3.63) is 84.1 Å². The van der Waals surface area contributed by atoms with E-state index in [1.165, 1.54) is 10.9 Å². The molecule has 0 spiro atoms. The molecule has 0 saturated carbocycles. The highest BCUT2D eigenvalue weighted by Crippen LogP contribution is 2.08. The van der Waals surface area contributed by atoms with Crippen LogP contribution >= 0.6 is 0 Å². The average molecular weight is 407 g/mol. The van der Waals surface area contributed by atoms with Gasteiger partial charge in [0.05, 0.1) is 6.20 Å². The first-order valence-corrected chi connectivity index (χ1v) is 9.12. The molecule has 0 radical (unpaired) electrons. The molecule has 154 valence electrons. The van der Waals surface area contributed by atoms with Crippen LogP contribution in [0.15, 0.2) is 77.9 Å². The van der Waals surface area contributed by atoms with Gasteiger partial charge in [0.1, 0.15) is 13.2 Å². The molecule has 30 heavy (non-hydrogen) atoms. The summed E-state index contributed by atoms with van der Waals surface area (Å²) in [6, 6.07) is 20.1. The predicted octanol–water partition coefficient (Wildman–Crippen LogP) is 3.26. The summed E-state index contributed by atoms with van der Waals surface area (Å²) in [7, 11) is 1.68. The summed E-state index contributed by atoms with van der Waals surface area (Å²) in [6.45, 7) is 0.147. The number of benzene rings is 2. The van der Waals surface area contributed by atoms with Crippen molar-refractivity contribution in [2.24, 2.45) is 12.0 Å². The van der Waals surface area contributed by atoms with Crippen LogP contribution in [0.2, 0.25) is 0 Å². The third kappa shape index (κ3) is 6.48. The van der Waals surface area contributed by atoms with E-state index in [0.29, 0.717) is 5.82 Å². The highest BCUT2D eigenvalue weighted by atomic mass is 16.6. The fraction of sp³-hybridized carbons (Fsp3) is 0.143. The number of aromatic nitrogens is 2. The molecule has 3 aromatic rings. The molecule has 0 unspecified atom stereocenters. The zero-order valence-corrected chi connectivity index (χ0v) is 16.3. The lowest BCUT2D eigenvalue weighted by atomic mass is 10.2. The first kappa shape index (κ1) is 20.6. The van der Waals surface area contributed by atoms with E-state index in [1.54, 1.807) is 13.1 Å². The molecule has 9 nitrogen and oxygen atoms in total. The Balaban J connectivity index is 1.61. The zero-order valence-electron chi connectivity index (χ0n) is 16.3. The molecule has 1 heterocycles. The Kier molecular flexibility index (Phi) is 7.15. The summed E-state index contributed by atoms with van der Waals surface area (Å²) >= 11 is 0. The van der Waals surface area contributed by atoms with Gasteiger partial charge in [0.25, 0.3) is 0 Å². The molecule has 2 aromatic carbocycles. The maximum atomic E-state index is 12.2. The van der Waals surface area contributed by atoms with E-state index in [2.05, 4.69) is 20.7 Å². The fourth-order valence-corrected chi connectivity index (χ4v) is 2.39. The van der Waals surface area contributed by atoms with Crippen LogP contribution in [0.3, 0.4) is 0 Å². The van der Waals surface area contributed by atoms with Gasteiger partial charge in [0.2, 0.25) is 5.96 Å². The van der Waals surface area contributed by atoms with Crippen molar-refractivity contribution in [2.75, 3.05) is 0 Å². The van der Waals surface area contributed by atoms with Crippen molar-refractivity contribution < 1.29 is 19.1 Å². The average Bonchev–Trinajstić information content (AvgIpc) is 3.16. The largest absolute Gasteiger partial charge is 0.444 e. The van der Waals surface area contributed by atoms with Crippen molar-refractivity contribution in [3.8, 4) is 0 Å². The number of nitrogens with zero attached hydrogens (tertiary/aromatic N) is 3. The highest BCUT2D eigenvalue weighted by Gasteiger charge is 2.13. The lowest BCUT2D eigenvalue weighted by molar-refractivity contribution is 0.141. The third-order valence-corrected chi connectivity index (χ3v) is 3.89. The van der Waals surface area contributed by atoms with Gasteiger partial charge >= 0.3 is 12.2 Å². The minimum Gasteiger partial charge on any atom is -0.444 e. The van der Waals surface area contributed by atoms with Crippen LogP contribution in [-0.4, -0.2) is 27.9 Å². The zero-order chi connectivity index (χ0) is 21.2. The molecule has 0 bridgehead atoms. The van der Waals surface area contributed by atoms with Crippen molar-refractivity contribution in [2.45, 2.75) is 13.2 Å². The van der Waals surface area contributed by atoms with Gasteiger partial charge in [-0.25, -0.2) is 9.59 Å². The minimum atomic E-state index is -0.775. The van der Waals surface area contributed by atoms with Crippen LogP contribution in [0.25, 0.3) is 0 Å². The highest BCUT2D eigenvalue weighted by molar-refractivity contribution is 6.02. The normalized spacial score (nSPS) is 10.0. The Morgan fingerprint density at radius 1 is 0.867 bits per heavy atom. The molecule has 3 rings (SSSR count). The van der Waals surface area contributed by atoms with Gasteiger partial charge in [0, 0.05) is 13.1 Å². The first-order valence-electron chi connectivity index (χ1n) is 9.12. The number of amides is 2. The summed E-state index contributed by atoms with van der Waals surface area (Å²) in [5.74, 6) is 0.270.